The first-order valence-corrected chi connectivity index (χ1v) is 4.63. The fraction of sp³-hybridized carbons (Fsp3) is 0.500. The van der Waals surface area contributed by atoms with Crippen LogP contribution in [-0.4, -0.2) is 22.9 Å². The first-order valence-electron chi connectivity index (χ1n) is 3.64. The van der Waals surface area contributed by atoms with Gasteiger partial charge in [-0.1, -0.05) is 18.3 Å². The normalized spacial score (nSPS) is 22.4. The van der Waals surface area contributed by atoms with Gasteiger partial charge in [0.15, 0.2) is 6.10 Å². The standard InChI is InChI=1S/C8H10O3S/c1-5(2)7(9)11-6-3-4-12-8(6)10/h6H,1,3-4H2,2H3. The number of ether oxygens (including phenoxy) is 1. The molecule has 0 aliphatic carbocycles. The topological polar surface area (TPSA) is 43.4 Å². The summed E-state index contributed by atoms with van der Waals surface area (Å²) in [6.07, 6.45) is 0.0851. The molecular weight excluding hydrogens is 176 g/mol. The molecule has 0 N–H and O–H groups in total. The van der Waals surface area contributed by atoms with E-state index < -0.39 is 12.1 Å². The maximum atomic E-state index is 11.0. The monoisotopic (exact) mass is 186 g/mol. The minimum atomic E-state index is -0.542. The van der Waals surface area contributed by atoms with Crippen molar-refractivity contribution in [2.45, 2.75) is 19.4 Å². The van der Waals surface area contributed by atoms with Crippen LogP contribution in [0.3, 0.4) is 0 Å². The van der Waals surface area contributed by atoms with Crippen LogP contribution in [0.25, 0.3) is 0 Å². The third kappa shape index (κ3) is 2.11. The van der Waals surface area contributed by atoms with Crippen LogP contribution < -0.4 is 0 Å². The van der Waals surface area contributed by atoms with Gasteiger partial charge in [-0.05, 0) is 6.92 Å². The third-order valence-corrected chi connectivity index (χ3v) is 2.47. The lowest BCUT2D eigenvalue weighted by atomic mass is 10.3. The SMILES string of the molecule is C=C(C)C(=O)OC1CCSC1=O. The van der Waals surface area contributed by atoms with Gasteiger partial charge in [-0.15, -0.1) is 0 Å². The minimum absolute atomic E-state index is 0.0513. The number of rotatable bonds is 2. The highest BCUT2D eigenvalue weighted by Crippen LogP contribution is 2.22. The molecule has 0 bridgehead atoms. The summed E-state index contributed by atoms with van der Waals surface area (Å²) in [7, 11) is 0. The number of hydrogen-bond acceptors (Lipinski definition) is 4. The van der Waals surface area contributed by atoms with Crippen LogP contribution in [0.5, 0.6) is 0 Å². The lowest BCUT2D eigenvalue weighted by molar-refractivity contribution is -0.148. The van der Waals surface area contributed by atoms with E-state index in [1.54, 1.807) is 6.92 Å². The second kappa shape index (κ2) is 3.76. The van der Waals surface area contributed by atoms with Gasteiger partial charge in [0.25, 0.3) is 0 Å². The number of carbonyl (C=O) groups excluding carboxylic acids is 2. The molecule has 0 aromatic carbocycles. The van der Waals surface area contributed by atoms with Gasteiger partial charge in [-0.3, -0.25) is 4.79 Å². The van der Waals surface area contributed by atoms with Crippen LogP contribution in [0.15, 0.2) is 12.2 Å². The molecule has 1 saturated heterocycles. The van der Waals surface area contributed by atoms with Gasteiger partial charge in [-0.25, -0.2) is 4.79 Å². The van der Waals surface area contributed by atoms with Crippen LogP contribution in [-0.2, 0) is 14.3 Å². The Hall–Kier alpha value is -0.770. The molecule has 66 valence electrons. The third-order valence-electron chi connectivity index (χ3n) is 1.49. The van der Waals surface area contributed by atoms with Crippen molar-refractivity contribution >= 4 is 22.8 Å². The lowest BCUT2D eigenvalue weighted by Gasteiger charge is -2.08. The van der Waals surface area contributed by atoms with Gasteiger partial charge >= 0.3 is 5.97 Å². The fourth-order valence-corrected chi connectivity index (χ4v) is 1.70. The number of thioether (sulfide) groups is 1. The molecule has 0 radical (unpaired) electrons. The fourth-order valence-electron chi connectivity index (χ4n) is 0.814. The Morgan fingerprint density at radius 2 is 2.42 bits per heavy atom. The molecule has 0 saturated carbocycles. The molecule has 1 unspecified atom stereocenters. The van der Waals surface area contributed by atoms with Gasteiger partial charge in [0.1, 0.15) is 0 Å². The summed E-state index contributed by atoms with van der Waals surface area (Å²) < 4.78 is 4.88. The maximum Gasteiger partial charge on any atom is 0.333 e. The average Bonchev–Trinajstić information content (AvgIpc) is 2.36. The van der Waals surface area contributed by atoms with E-state index in [9.17, 15) is 9.59 Å². The quantitative estimate of drug-likeness (QED) is 0.479. The summed E-state index contributed by atoms with van der Waals surface area (Å²) in [4.78, 5) is 21.9. The zero-order valence-electron chi connectivity index (χ0n) is 6.83. The Morgan fingerprint density at radius 3 is 2.83 bits per heavy atom. The van der Waals surface area contributed by atoms with Crippen molar-refractivity contribution in [3.63, 3.8) is 0 Å². The van der Waals surface area contributed by atoms with Gasteiger partial charge in [0.2, 0.25) is 5.12 Å². The molecule has 1 rings (SSSR count). The Kier molecular flexibility index (Phi) is 2.92. The second-order valence-electron chi connectivity index (χ2n) is 2.63. The molecular formula is C8H10O3S. The molecule has 0 aromatic heterocycles. The lowest BCUT2D eigenvalue weighted by Crippen LogP contribution is -2.21. The van der Waals surface area contributed by atoms with E-state index in [4.69, 9.17) is 4.74 Å². The van der Waals surface area contributed by atoms with Crippen LogP contribution in [0.1, 0.15) is 13.3 Å². The van der Waals surface area contributed by atoms with Crippen LogP contribution >= 0.6 is 11.8 Å². The highest BCUT2D eigenvalue weighted by atomic mass is 32.2. The Balaban J connectivity index is 2.46. The average molecular weight is 186 g/mol. The van der Waals surface area contributed by atoms with Crippen molar-refractivity contribution in [1.29, 1.82) is 0 Å². The second-order valence-corrected chi connectivity index (χ2v) is 3.73. The van der Waals surface area contributed by atoms with Gasteiger partial charge < -0.3 is 4.74 Å². The summed E-state index contributed by atoms with van der Waals surface area (Å²) >= 11 is 1.21. The van der Waals surface area contributed by atoms with E-state index in [2.05, 4.69) is 6.58 Å². The molecule has 0 aromatic rings. The molecule has 0 amide bonds. The van der Waals surface area contributed by atoms with E-state index in [1.165, 1.54) is 11.8 Å². The molecule has 3 nitrogen and oxygen atoms in total. The Labute approximate surface area is 75.2 Å². The summed E-state index contributed by atoms with van der Waals surface area (Å²) in [5.74, 6) is 0.267. The molecule has 1 aliphatic rings. The van der Waals surface area contributed by atoms with E-state index in [-0.39, 0.29) is 5.12 Å². The van der Waals surface area contributed by atoms with Crippen molar-refractivity contribution in [2.24, 2.45) is 0 Å². The van der Waals surface area contributed by atoms with Gasteiger partial charge in [-0.2, -0.15) is 0 Å². The van der Waals surface area contributed by atoms with E-state index in [0.29, 0.717) is 12.0 Å². The van der Waals surface area contributed by atoms with Gasteiger partial charge in [0, 0.05) is 17.7 Å². The summed E-state index contributed by atoms with van der Waals surface area (Å²) in [6, 6.07) is 0. The molecule has 0 spiro atoms. The van der Waals surface area contributed by atoms with E-state index in [1.807, 2.05) is 0 Å². The predicted octanol–water partition coefficient (Wildman–Crippen LogP) is 1.14. The molecule has 4 heteroatoms. The Bertz CT molecular complexity index is 234. The summed E-state index contributed by atoms with van der Waals surface area (Å²) in [5, 5.41) is -0.0513. The van der Waals surface area contributed by atoms with Crippen LogP contribution in [0.4, 0.5) is 0 Å². The van der Waals surface area contributed by atoms with Crippen molar-refractivity contribution < 1.29 is 14.3 Å². The highest BCUT2D eigenvalue weighted by Gasteiger charge is 2.28. The smallest absolute Gasteiger partial charge is 0.333 e. The molecule has 1 heterocycles. The Morgan fingerprint density at radius 1 is 1.75 bits per heavy atom. The summed E-state index contributed by atoms with van der Waals surface area (Å²) in [5.41, 5.74) is 0.333. The van der Waals surface area contributed by atoms with Crippen molar-refractivity contribution in [3.8, 4) is 0 Å². The molecule has 1 atom stereocenters. The van der Waals surface area contributed by atoms with Crippen molar-refractivity contribution in [2.75, 3.05) is 5.75 Å². The van der Waals surface area contributed by atoms with Crippen LogP contribution in [0, 0.1) is 0 Å². The van der Waals surface area contributed by atoms with Gasteiger partial charge in [0.05, 0.1) is 0 Å². The van der Waals surface area contributed by atoms with Crippen molar-refractivity contribution in [1.82, 2.24) is 0 Å². The highest BCUT2D eigenvalue weighted by molar-refractivity contribution is 8.14. The van der Waals surface area contributed by atoms with E-state index in [0.717, 1.165) is 5.75 Å². The first-order chi connectivity index (χ1) is 5.61. The summed E-state index contributed by atoms with van der Waals surface area (Å²) in [6.45, 7) is 4.99. The molecule has 1 fully saturated rings. The van der Waals surface area contributed by atoms with Crippen LogP contribution in [0.2, 0.25) is 0 Å². The van der Waals surface area contributed by atoms with E-state index >= 15 is 0 Å². The first kappa shape index (κ1) is 9.32. The van der Waals surface area contributed by atoms with Crippen molar-refractivity contribution in [3.05, 3.63) is 12.2 Å². The predicted molar refractivity (Wildman–Crippen MR) is 46.8 cm³/mol. The maximum absolute atomic E-state index is 11.0. The number of carbonyl (C=O) groups is 2. The largest absolute Gasteiger partial charge is 0.450 e. The zero-order valence-corrected chi connectivity index (χ0v) is 7.65. The zero-order chi connectivity index (χ0) is 9.14. The minimum Gasteiger partial charge on any atom is -0.450 e. The number of esters is 1. The number of hydrogen-bond donors (Lipinski definition) is 0. The molecule has 1 aliphatic heterocycles. The molecule has 12 heavy (non-hydrogen) atoms.